The Hall–Kier alpha value is -3.86. The molecule has 0 bridgehead atoms. The molecule has 1 aromatic heterocycles. The molecule has 31 heavy (non-hydrogen) atoms. The fraction of sp³-hybridized carbons (Fsp3) is 0.154. The molecule has 0 unspecified atom stereocenters. The number of allylic oxidation sites excluding steroid dienone is 2. The standard InChI is InChI=1S/C26H23N3O2/c1-17-24(18(2)30)25(29-23-11-7-6-10-22(23)28-26(29)27-17)20-12-14-21(15-13-20)31-16-19-8-4-3-5-9-19/h3-15,25H,16H2,1-2H3,(H,27,28)/t25-/m0/s1. The summed E-state index contributed by atoms with van der Waals surface area (Å²) < 4.78 is 8.05. The number of hydrogen-bond donors (Lipinski definition) is 1. The Morgan fingerprint density at radius 1 is 1.00 bits per heavy atom. The first kappa shape index (κ1) is 19.1. The molecule has 0 aliphatic carbocycles. The van der Waals surface area contributed by atoms with Gasteiger partial charge in [-0.05, 0) is 49.2 Å². The molecule has 0 saturated carbocycles. The number of ketones is 1. The minimum Gasteiger partial charge on any atom is -0.489 e. The van der Waals surface area contributed by atoms with Gasteiger partial charge in [-0.15, -0.1) is 0 Å². The predicted molar refractivity (Wildman–Crippen MR) is 122 cm³/mol. The van der Waals surface area contributed by atoms with Crippen LogP contribution in [0.25, 0.3) is 11.0 Å². The van der Waals surface area contributed by atoms with Crippen molar-refractivity contribution >= 4 is 22.8 Å². The minimum absolute atomic E-state index is 0.0443. The Bertz CT molecular complexity index is 1290. The molecule has 5 heteroatoms. The van der Waals surface area contributed by atoms with Crippen LogP contribution < -0.4 is 10.1 Å². The van der Waals surface area contributed by atoms with Gasteiger partial charge in [0, 0.05) is 11.3 Å². The number of aromatic nitrogens is 2. The van der Waals surface area contributed by atoms with Crippen molar-refractivity contribution in [1.29, 1.82) is 0 Å². The number of fused-ring (bicyclic) bond motifs is 3. The number of rotatable bonds is 5. The average molecular weight is 409 g/mol. The lowest BCUT2D eigenvalue weighted by Crippen LogP contribution is -2.26. The number of Topliss-reactive ketones (excluding diaryl/α,β-unsaturated/α-hetero) is 1. The highest BCUT2D eigenvalue weighted by Gasteiger charge is 2.32. The number of anilines is 1. The lowest BCUT2D eigenvalue weighted by molar-refractivity contribution is -0.114. The molecule has 0 amide bonds. The molecule has 1 aliphatic rings. The zero-order chi connectivity index (χ0) is 21.4. The Balaban J connectivity index is 1.52. The Labute approximate surface area is 181 Å². The summed E-state index contributed by atoms with van der Waals surface area (Å²) in [5.41, 5.74) is 5.61. The molecule has 0 saturated heterocycles. The number of benzene rings is 3. The number of nitrogens with one attached hydrogen (secondary N) is 1. The number of para-hydroxylation sites is 2. The quantitative estimate of drug-likeness (QED) is 0.473. The van der Waals surface area contributed by atoms with E-state index < -0.39 is 0 Å². The van der Waals surface area contributed by atoms with Gasteiger partial charge in [-0.1, -0.05) is 54.6 Å². The molecule has 154 valence electrons. The molecule has 1 atom stereocenters. The maximum atomic E-state index is 12.6. The van der Waals surface area contributed by atoms with Crippen LogP contribution in [0.4, 0.5) is 5.95 Å². The number of carbonyl (C=O) groups is 1. The summed E-state index contributed by atoms with van der Waals surface area (Å²) in [6, 6.07) is 25.8. The second-order valence-electron chi connectivity index (χ2n) is 7.76. The molecule has 0 spiro atoms. The third-order valence-corrected chi connectivity index (χ3v) is 5.65. The van der Waals surface area contributed by atoms with Gasteiger partial charge >= 0.3 is 0 Å². The molecule has 4 aromatic rings. The second-order valence-corrected chi connectivity index (χ2v) is 7.76. The fourth-order valence-electron chi connectivity index (χ4n) is 4.22. The van der Waals surface area contributed by atoms with Crippen LogP contribution >= 0.6 is 0 Å². The van der Waals surface area contributed by atoms with Gasteiger partial charge in [0.15, 0.2) is 5.78 Å². The van der Waals surface area contributed by atoms with E-state index in [-0.39, 0.29) is 11.8 Å². The summed E-state index contributed by atoms with van der Waals surface area (Å²) >= 11 is 0. The summed E-state index contributed by atoms with van der Waals surface area (Å²) in [6.07, 6.45) is 0. The molecule has 5 nitrogen and oxygen atoms in total. The lowest BCUT2D eigenvalue weighted by atomic mass is 9.92. The van der Waals surface area contributed by atoms with E-state index in [9.17, 15) is 4.79 Å². The van der Waals surface area contributed by atoms with Crippen molar-refractivity contribution < 1.29 is 9.53 Å². The van der Waals surface area contributed by atoms with Crippen LogP contribution in [0.15, 0.2) is 90.1 Å². The summed E-state index contributed by atoms with van der Waals surface area (Å²) in [5, 5.41) is 3.32. The van der Waals surface area contributed by atoms with Gasteiger partial charge in [-0.25, -0.2) is 4.98 Å². The van der Waals surface area contributed by atoms with Crippen molar-refractivity contribution in [2.24, 2.45) is 0 Å². The van der Waals surface area contributed by atoms with Gasteiger partial charge in [0.05, 0.1) is 17.1 Å². The predicted octanol–water partition coefficient (Wildman–Crippen LogP) is 5.49. The summed E-state index contributed by atoms with van der Waals surface area (Å²) in [4.78, 5) is 17.4. The SMILES string of the molecule is CC(=O)C1=C(C)Nc2nc3ccccc3n2[C@H]1c1ccc(OCc2ccccc2)cc1. The first-order chi connectivity index (χ1) is 15.1. The molecular formula is C26H23N3O2. The topological polar surface area (TPSA) is 56.2 Å². The first-order valence-corrected chi connectivity index (χ1v) is 10.3. The van der Waals surface area contributed by atoms with E-state index in [4.69, 9.17) is 9.72 Å². The molecule has 3 aromatic carbocycles. The van der Waals surface area contributed by atoms with Gasteiger partial charge in [-0.3, -0.25) is 9.36 Å². The molecule has 0 radical (unpaired) electrons. The van der Waals surface area contributed by atoms with Gasteiger partial charge in [-0.2, -0.15) is 0 Å². The number of nitrogens with zero attached hydrogens (tertiary/aromatic N) is 2. The van der Waals surface area contributed by atoms with Crippen LogP contribution in [0, 0.1) is 0 Å². The monoisotopic (exact) mass is 409 g/mol. The Morgan fingerprint density at radius 2 is 1.71 bits per heavy atom. The van der Waals surface area contributed by atoms with Crippen LogP contribution in [0.3, 0.4) is 0 Å². The Morgan fingerprint density at radius 3 is 2.45 bits per heavy atom. The first-order valence-electron chi connectivity index (χ1n) is 10.3. The Kier molecular flexibility index (Phi) is 4.79. The van der Waals surface area contributed by atoms with Crippen molar-refractivity contribution in [2.45, 2.75) is 26.5 Å². The number of imidazole rings is 1. The van der Waals surface area contributed by atoms with Crippen molar-refractivity contribution in [3.8, 4) is 5.75 Å². The number of hydrogen-bond acceptors (Lipinski definition) is 4. The van der Waals surface area contributed by atoms with E-state index in [0.29, 0.717) is 6.61 Å². The van der Waals surface area contributed by atoms with E-state index in [2.05, 4.69) is 9.88 Å². The lowest BCUT2D eigenvalue weighted by Gasteiger charge is -2.30. The highest BCUT2D eigenvalue weighted by molar-refractivity contribution is 5.97. The number of ether oxygens (including phenoxy) is 1. The third-order valence-electron chi connectivity index (χ3n) is 5.65. The molecular weight excluding hydrogens is 386 g/mol. The van der Waals surface area contributed by atoms with Crippen molar-refractivity contribution in [3.05, 3.63) is 101 Å². The van der Waals surface area contributed by atoms with Crippen molar-refractivity contribution in [1.82, 2.24) is 9.55 Å². The molecule has 2 heterocycles. The van der Waals surface area contributed by atoms with E-state index >= 15 is 0 Å². The van der Waals surface area contributed by atoms with Crippen LogP contribution in [-0.2, 0) is 11.4 Å². The highest BCUT2D eigenvalue weighted by atomic mass is 16.5. The molecule has 5 rings (SSSR count). The fourth-order valence-corrected chi connectivity index (χ4v) is 4.22. The van der Waals surface area contributed by atoms with E-state index in [1.165, 1.54) is 0 Å². The largest absolute Gasteiger partial charge is 0.489 e. The van der Waals surface area contributed by atoms with Gasteiger partial charge in [0.1, 0.15) is 12.4 Å². The average Bonchev–Trinajstić information content (AvgIpc) is 3.15. The molecule has 0 fully saturated rings. The maximum Gasteiger partial charge on any atom is 0.209 e. The highest BCUT2D eigenvalue weighted by Crippen LogP contribution is 2.39. The van der Waals surface area contributed by atoms with Crippen LogP contribution in [-0.4, -0.2) is 15.3 Å². The van der Waals surface area contributed by atoms with Gasteiger partial charge < -0.3 is 10.1 Å². The second kappa shape index (κ2) is 7.76. The van der Waals surface area contributed by atoms with Crippen LogP contribution in [0.1, 0.15) is 31.0 Å². The smallest absolute Gasteiger partial charge is 0.209 e. The third kappa shape index (κ3) is 3.48. The number of carbonyl (C=O) groups excluding carboxylic acids is 1. The zero-order valence-electron chi connectivity index (χ0n) is 17.5. The summed E-state index contributed by atoms with van der Waals surface area (Å²) in [6.45, 7) is 4.07. The summed E-state index contributed by atoms with van der Waals surface area (Å²) in [5.74, 6) is 1.59. The van der Waals surface area contributed by atoms with Gasteiger partial charge in [0.2, 0.25) is 5.95 Å². The van der Waals surface area contributed by atoms with E-state index in [1.807, 2.05) is 85.8 Å². The molecule has 1 aliphatic heterocycles. The van der Waals surface area contributed by atoms with Crippen molar-refractivity contribution in [3.63, 3.8) is 0 Å². The minimum atomic E-state index is -0.246. The van der Waals surface area contributed by atoms with Crippen LogP contribution in [0.2, 0.25) is 0 Å². The molecule has 1 N–H and O–H groups in total. The normalized spacial score (nSPS) is 15.5. The summed E-state index contributed by atoms with van der Waals surface area (Å²) in [7, 11) is 0. The van der Waals surface area contributed by atoms with Gasteiger partial charge in [0.25, 0.3) is 0 Å². The maximum absolute atomic E-state index is 12.6. The van der Waals surface area contributed by atoms with Crippen molar-refractivity contribution in [2.75, 3.05) is 5.32 Å². The zero-order valence-corrected chi connectivity index (χ0v) is 17.5. The van der Waals surface area contributed by atoms with E-state index in [0.717, 1.165) is 45.1 Å². The van der Waals surface area contributed by atoms with Crippen LogP contribution in [0.5, 0.6) is 5.75 Å². The van der Waals surface area contributed by atoms with E-state index in [1.54, 1.807) is 6.92 Å².